The number of para-hydroxylation sites is 9. The maximum absolute atomic E-state index is 10.7. The lowest BCUT2D eigenvalue weighted by atomic mass is 9.97. The van der Waals surface area contributed by atoms with Gasteiger partial charge in [0, 0.05) is 81.8 Å². The fourth-order valence-corrected chi connectivity index (χ4v) is 15.5. The van der Waals surface area contributed by atoms with Crippen molar-refractivity contribution in [1.29, 1.82) is 10.5 Å². The molecule has 10 nitrogen and oxygen atoms in total. The van der Waals surface area contributed by atoms with Crippen LogP contribution in [-0.2, 0) is 0 Å². The number of hydrogen-bond acceptors (Lipinski definition) is 4. The molecule has 98 heavy (non-hydrogen) atoms. The van der Waals surface area contributed by atoms with E-state index in [0.29, 0.717) is 22.5 Å². The summed E-state index contributed by atoms with van der Waals surface area (Å²) in [5.41, 5.74) is 20.5. The van der Waals surface area contributed by atoms with E-state index in [-0.39, 0.29) is 0 Å². The van der Waals surface area contributed by atoms with Gasteiger partial charge in [-0.3, -0.25) is 0 Å². The maximum atomic E-state index is 10.7. The van der Waals surface area contributed by atoms with Crippen molar-refractivity contribution in [3.05, 3.63) is 325 Å². The molecule has 0 aliphatic carbocycles. The van der Waals surface area contributed by atoms with Gasteiger partial charge in [0.2, 0.25) is 11.4 Å². The molecular formula is C88H48N8O2. The molecular weight excluding hydrogens is 1200 g/mol. The van der Waals surface area contributed by atoms with Gasteiger partial charge >= 0.3 is 0 Å². The molecule has 20 aromatic rings. The molecule has 0 amide bonds. The van der Waals surface area contributed by atoms with Crippen LogP contribution < -0.4 is 0 Å². The molecule has 14 aromatic carbocycles. The summed E-state index contributed by atoms with van der Waals surface area (Å²) >= 11 is 0. The Morgan fingerprint density at radius 2 is 0.776 bits per heavy atom. The Kier molecular flexibility index (Phi) is 12.3. The fourth-order valence-electron chi connectivity index (χ4n) is 15.5. The summed E-state index contributed by atoms with van der Waals surface area (Å²) in [6.45, 7) is 16.4. The summed E-state index contributed by atoms with van der Waals surface area (Å²) in [4.78, 5) is 7.95. The van der Waals surface area contributed by atoms with Crippen LogP contribution in [0.5, 0.6) is 0 Å². The predicted octanol–water partition coefficient (Wildman–Crippen LogP) is 23.7. The van der Waals surface area contributed by atoms with E-state index in [4.69, 9.17) is 22.0 Å². The van der Waals surface area contributed by atoms with Gasteiger partial charge in [-0.1, -0.05) is 182 Å². The monoisotopic (exact) mass is 1250 g/mol. The van der Waals surface area contributed by atoms with E-state index in [9.17, 15) is 10.5 Å². The molecule has 452 valence electrons. The van der Waals surface area contributed by atoms with Crippen molar-refractivity contribution >= 4 is 142 Å². The molecule has 0 radical (unpaired) electrons. The number of nitriles is 2. The van der Waals surface area contributed by atoms with E-state index in [1.165, 1.54) is 5.39 Å². The molecule has 0 aliphatic heterocycles. The van der Waals surface area contributed by atoms with Crippen LogP contribution in [0, 0.1) is 35.8 Å². The van der Waals surface area contributed by atoms with Crippen molar-refractivity contribution in [2.45, 2.75) is 0 Å². The van der Waals surface area contributed by atoms with Crippen LogP contribution in [0.3, 0.4) is 0 Å². The third kappa shape index (κ3) is 8.11. The summed E-state index contributed by atoms with van der Waals surface area (Å²) in [5.74, 6) is 0. The average Bonchev–Trinajstić information content (AvgIpc) is 1.58. The first-order valence-electron chi connectivity index (χ1n) is 32.2. The number of hydrogen-bond donors (Lipinski definition) is 0. The minimum absolute atomic E-state index is 0.434. The molecule has 0 atom stereocenters. The normalized spacial score (nSPS) is 11.6. The Labute approximate surface area is 559 Å². The van der Waals surface area contributed by atoms with E-state index in [1.54, 1.807) is 6.07 Å². The number of rotatable bonds is 6. The van der Waals surface area contributed by atoms with Crippen LogP contribution in [0.1, 0.15) is 11.1 Å². The van der Waals surface area contributed by atoms with Crippen LogP contribution >= 0.6 is 0 Å². The summed E-state index contributed by atoms with van der Waals surface area (Å²) < 4.78 is 21.6. The average molecular weight is 1250 g/mol. The van der Waals surface area contributed by atoms with E-state index in [0.717, 1.165) is 171 Å². The number of nitrogens with zero attached hydrogens (tertiary/aromatic N) is 8. The SMILES string of the molecule is [C-]#[N+]c1cc(C#N)cc(-c2ccc(-n3c4ccccc4c4c5c(ccc43)oc3ccccc35)cc2)c1-n1c2ccccc2c2ccccc21.[C-]#[N+]c1cccc(-c2ccc(-n3c4ccccc4c4c5oc6ccccc6c5ccc43)cc2C#N)c1-n1c2ccccc2c2ccccc21. The van der Waals surface area contributed by atoms with E-state index < -0.39 is 0 Å². The van der Waals surface area contributed by atoms with Crippen LogP contribution in [0.15, 0.2) is 300 Å². The number of furan rings is 2. The molecule has 0 fully saturated rings. The first kappa shape index (κ1) is 55.5. The molecule has 20 rings (SSSR count). The highest BCUT2D eigenvalue weighted by atomic mass is 16.3. The first-order valence-corrected chi connectivity index (χ1v) is 32.2. The van der Waals surface area contributed by atoms with Gasteiger partial charge in [-0.2, -0.15) is 10.5 Å². The molecule has 0 unspecified atom stereocenters. The molecule has 0 spiro atoms. The van der Waals surface area contributed by atoms with Gasteiger partial charge in [-0.25, -0.2) is 9.69 Å². The maximum Gasteiger partial charge on any atom is 0.212 e. The van der Waals surface area contributed by atoms with Crippen molar-refractivity contribution in [3.63, 3.8) is 0 Å². The van der Waals surface area contributed by atoms with Gasteiger partial charge in [-0.05, 0) is 126 Å². The molecule has 0 saturated heterocycles. The lowest BCUT2D eigenvalue weighted by molar-refractivity contribution is 0.669. The first-order chi connectivity index (χ1) is 48.5. The lowest BCUT2D eigenvalue weighted by Crippen LogP contribution is -2.00. The molecule has 10 heteroatoms. The third-order valence-corrected chi connectivity index (χ3v) is 19.5. The Hall–Kier alpha value is -14.2. The Bertz CT molecular complexity index is 6890. The van der Waals surface area contributed by atoms with Gasteiger partial charge in [0.25, 0.3) is 0 Å². The van der Waals surface area contributed by atoms with E-state index in [1.807, 2.05) is 121 Å². The standard InChI is InChI=1S/2C44H24N4O/c1-46-36-16-10-15-33(43(36)48-37-17-6-2-11-30(37)31-12-3-7-18-38(31)48)29-22-21-28(25-27(29)26-45)47-39-19-8-4-14-35(39)42-40(47)24-23-34-32-13-5-9-20-41(32)49-44(34)42;1-46-35-25-27(26-45)24-34(44(35)48-36-14-6-2-10-30(36)31-11-3-7-15-37(31)48)28-18-20-29(21-19-28)47-38-16-8-4-12-32(38)42-39(47)22-23-41-43(42)33-13-5-9-17-40(33)49-41/h2*2-25H. The molecule has 0 bridgehead atoms. The van der Waals surface area contributed by atoms with Crippen LogP contribution in [0.25, 0.3) is 186 Å². The van der Waals surface area contributed by atoms with E-state index >= 15 is 0 Å². The number of aromatic nitrogens is 4. The topological polar surface area (TPSA) is 102 Å². The summed E-state index contributed by atoms with van der Waals surface area (Å²) in [6.07, 6.45) is 0. The van der Waals surface area contributed by atoms with Crippen LogP contribution in [-0.4, -0.2) is 18.3 Å². The number of benzene rings is 14. The zero-order valence-electron chi connectivity index (χ0n) is 52.1. The molecule has 0 N–H and O–H groups in total. The van der Waals surface area contributed by atoms with E-state index in [2.05, 4.69) is 204 Å². The second-order valence-electron chi connectivity index (χ2n) is 24.6. The van der Waals surface area contributed by atoms with Crippen molar-refractivity contribution in [1.82, 2.24) is 18.3 Å². The number of fused-ring (bicyclic) bond motifs is 20. The molecule has 6 heterocycles. The summed E-state index contributed by atoms with van der Waals surface area (Å²) in [5, 5.41) is 34.0. The highest BCUT2D eigenvalue weighted by Gasteiger charge is 2.26. The second kappa shape index (κ2) is 21.7. The predicted molar refractivity (Wildman–Crippen MR) is 398 cm³/mol. The Morgan fingerprint density at radius 3 is 1.36 bits per heavy atom. The minimum Gasteiger partial charge on any atom is -0.456 e. The quantitative estimate of drug-likeness (QED) is 0.155. The van der Waals surface area contributed by atoms with Crippen molar-refractivity contribution < 1.29 is 8.83 Å². The summed E-state index contributed by atoms with van der Waals surface area (Å²) in [6, 6.07) is 104. The van der Waals surface area contributed by atoms with Crippen molar-refractivity contribution in [3.8, 4) is 57.1 Å². The zero-order valence-corrected chi connectivity index (χ0v) is 52.1. The highest BCUT2D eigenvalue weighted by Crippen LogP contribution is 2.47. The Balaban J connectivity index is 0.000000137. The van der Waals surface area contributed by atoms with Crippen molar-refractivity contribution in [2.75, 3.05) is 0 Å². The van der Waals surface area contributed by atoms with Gasteiger partial charge < -0.3 is 27.1 Å². The van der Waals surface area contributed by atoms with Crippen molar-refractivity contribution in [2.24, 2.45) is 0 Å². The molecule has 0 aliphatic rings. The second-order valence-corrected chi connectivity index (χ2v) is 24.6. The zero-order chi connectivity index (χ0) is 65.3. The fraction of sp³-hybridized carbons (Fsp3) is 0. The lowest BCUT2D eigenvalue weighted by Gasteiger charge is -2.18. The smallest absolute Gasteiger partial charge is 0.212 e. The largest absolute Gasteiger partial charge is 0.456 e. The van der Waals surface area contributed by atoms with Crippen LogP contribution in [0.4, 0.5) is 11.4 Å². The van der Waals surface area contributed by atoms with Gasteiger partial charge in [0.1, 0.15) is 22.3 Å². The molecule has 6 aromatic heterocycles. The Morgan fingerprint density at radius 1 is 0.296 bits per heavy atom. The highest BCUT2D eigenvalue weighted by molar-refractivity contribution is 6.28. The van der Waals surface area contributed by atoms with Gasteiger partial charge in [-0.15, -0.1) is 0 Å². The van der Waals surface area contributed by atoms with Gasteiger partial charge in [0.05, 0.1) is 91.7 Å². The van der Waals surface area contributed by atoms with Gasteiger partial charge in [0.15, 0.2) is 0 Å². The summed E-state index contributed by atoms with van der Waals surface area (Å²) in [7, 11) is 0. The third-order valence-electron chi connectivity index (χ3n) is 19.5. The van der Waals surface area contributed by atoms with Crippen LogP contribution in [0.2, 0.25) is 0 Å². The minimum atomic E-state index is 0.434. The molecule has 0 saturated carbocycles.